The first kappa shape index (κ1) is 14.8. The fraction of sp³-hybridized carbons (Fsp3) is 0.231. The lowest BCUT2D eigenvalue weighted by Crippen LogP contribution is -2.12. The van der Waals surface area contributed by atoms with Gasteiger partial charge in [-0.05, 0) is 37.1 Å². The number of anilines is 3. The molecule has 1 amide bonds. The van der Waals surface area contributed by atoms with Gasteiger partial charge in [0.2, 0.25) is 0 Å². The van der Waals surface area contributed by atoms with E-state index in [1.54, 1.807) is 7.05 Å². The van der Waals surface area contributed by atoms with Crippen LogP contribution in [0.4, 0.5) is 16.6 Å². The van der Waals surface area contributed by atoms with Crippen LogP contribution >= 0.6 is 27.3 Å². The summed E-state index contributed by atoms with van der Waals surface area (Å²) in [6.45, 7) is 3.96. The maximum atomic E-state index is 12.2. The molecule has 4 N–H and O–H groups in total. The minimum atomic E-state index is -0.248. The fourth-order valence-electron chi connectivity index (χ4n) is 1.81. The van der Waals surface area contributed by atoms with Gasteiger partial charge in [-0.3, -0.25) is 4.79 Å². The molecule has 0 fully saturated rings. The summed E-state index contributed by atoms with van der Waals surface area (Å²) in [7, 11) is 1.74. The number of aromatic nitrogens is 1. The molecule has 7 heteroatoms. The maximum Gasteiger partial charge on any atom is 0.269 e. The van der Waals surface area contributed by atoms with E-state index in [0.29, 0.717) is 10.0 Å². The van der Waals surface area contributed by atoms with Gasteiger partial charge < -0.3 is 16.4 Å². The summed E-state index contributed by atoms with van der Waals surface area (Å²) in [5.41, 5.74) is 8.62. The number of halogens is 1. The molecule has 0 saturated carbocycles. The van der Waals surface area contributed by atoms with E-state index in [4.69, 9.17) is 5.73 Å². The Morgan fingerprint density at radius 2 is 1.95 bits per heavy atom. The number of nitrogens with one attached hydrogen (secondary N) is 2. The Kier molecular flexibility index (Phi) is 4.29. The number of benzene rings is 1. The Morgan fingerprint density at radius 1 is 1.35 bits per heavy atom. The van der Waals surface area contributed by atoms with Gasteiger partial charge in [0.05, 0.1) is 0 Å². The Balaban J connectivity index is 2.25. The highest BCUT2D eigenvalue weighted by Crippen LogP contribution is 2.28. The number of aryl methyl sites for hydroxylation is 2. The van der Waals surface area contributed by atoms with Crippen molar-refractivity contribution in [3.05, 3.63) is 32.6 Å². The van der Waals surface area contributed by atoms with Crippen LogP contribution < -0.4 is 16.4 Å². The zero-order valence-corrected chi connectivity index (χ0v) is 13.8. The van der Waals surface area contributed by atoms with Crippen molar-refractivity contribution in [2.75, 3.05) is 23.4 Å². The van der Waals surface area contributed by atoms with Crippen LogP contribution in [-0.2, 0) is 0 Å². The lowest BCUT2D eigenvalue weighted by molar-refractivity contribution is 0.103. The molecule has 2 rings (SSSR count). The molecule has 0 radical (unpaired) electrons. The molecule has 0 aliphatic rings. The second kappa shape index (κ2) is 5.80. The Morgan fingerprint density at radius 3 is 2.45 bits per heavy atom. The summed E-state index contributed by atoms with van der Waals surface area (Å²) in [4.78, 5) is 16.7. The van der Waals surface area contributed by atoms with Crippen molar-refractivity contribution < 1.29 is 4.79 Å². The van der Waals surface area contributed by atoms with Crippen molar-refractivity contribution in [2.45, 2.75) is 13.8 Å². The predicted octanol–water partition coefficient (Wildman–Crippen LogP) is 3.40. The first-order valence-corrected chi connectivity index (χ1v) is 7.55. The molecule has 0 aliphatic carbocycles. The van der Waals surface area contributed by atoms with Gasteiger partial charge in [-0.15, -0.1) is 0 Å². The largest absolute Gasteiger partial charge is 0.382 e. The van der Waals surface area contributed by atoms with E-state index in [2.05, 4.69) is 31.5 Å². The van der Waals surface area contributed by atoms with Crippen LogP contribution in [0.3, 0.4) is 0 Å². The minimum Gasteiger partial charge on any atom is -0.382 e. The normalized spacial score (nSPS) is 10.4. The summed E-state index contributed by atoms with van der Waals surface area (Å²) < 4.78 is 1.05. The Bertz CT molecular complexity index is 645. The maximum absolute atomic E-state index is 12.2. The van der Waals surface area contributed by atoms with E-state index >= 15 is 0 Å². The molecule has 1 aromatic heterocycles. The zero-order chi connectivity index (χ0) is 14.9. The SMILES string of the molecule is CNc1nc(N)c(C(=O)Nc2cc(C)c(Br)c(C)c2)s1. The molecule has 5 nitrogen and oxygen atoms in total. The van der Waals surface area contributed by atoms with Crippen LogP contribution in [0.15, 0.2) is 16.6 Å². The molecule has 106 valence electrons. The molecular weight excluding hydrogens is 340 g/mol. The summed E-state index contributed by atoms with van der Waals surface area (Å²) in [5, 5.41) is 6.34. The summed E-state index contributed by atoms with van der Waals surface area (Å²) in [5.74, 6) is -0.00923. The van der Waals surface area contributed by atoms with E-state index in [1.165, 1.54) is 11.3 Å². The summed E-state index contributed by atoms with van der Waals surface area (Å²) in [6, 6.07) is 3.82. The lowest BCUT2D eigenvalue weighted by atomic mass is 10.1. The number of nitrogens with two attached hydrogens (primary N) is 1. The predicted molar refractivity (Wildman–Crippen MR) is 87.6 cm³/mol. The van der Waals surface area contributed by atoms with E-state index < -0.39 is 0 Å². The molecule has 0 bridgehead atoms. The monoisotopic (exact) mass is 354 g/mol. The number of hydrogen-bond donors (Lipinski definition) is 3. The van der Waals surface area contributed by atoms with Crippen LogP contribution in [0.25, 0.3) is 0 Å². The number of carbonyl (C=O) groups is 1. The van der Waals surface area contributed by atoms with Crippen molar-refractivity contribution in [3.8, 4) is 0 Å². The highest BCUT2D eigenvalue weighted by Gasteiger charge is 2.16. The number of nitrogens with zero attached hydrogens (tertiary/aromatic N) is 1. The van der Waals surface area contributed by atoms with Crippen molar-refractivity contribution >= 4 is 49.8 Å². The number of thiazole rings is 1. The quantitative estimate of drug-likeness (QED) is 0.788. The van der Waals surface area contributed by atoms with E-state index in [9.17, 15) is 4.79 Å². The van der Waals surface area contributed by atoms with Gasteiger partial charge in [0.15, 0.2) is 5.13 Å². The zero-order valence-electron chi connectivity index (χ0n) is 11.4. The average Bonchev–Trinajstić information content (AvgIpc) is 2.77. The number of rotatable bonds is 3. The second-order valence-corrected chi connectivity index (χ2v) is 6.15. The first-order chi connectivity index (χ1) is 9.42. The second-order valence-electron chi connectivity index (χ2n) is 4.36. The summed E-state index contributed by atoms with van der Waals surface area (Å²) >= 11 is 4.73. The average molecular weight is 355 g/mol. The minimum absolute atomic E-state index is 0.238. The van der Waals surface area contributed by atoms with Gasteiger partial charge in [-0.2, -0.15) is 0 Å². The van der Waals surface area contributed by atoms with Crippen molar-refractivity contribution in [2.24, 2.45) is 0 Å². The van der Waals surface area contributed by atoms with Crippen LogP contribution in [0.2, 0.25) is 0 Å². The van der Waals surface area contributed by atoms with Crippen LogP contribution in [0, 0.1) is 13.8 Å². The van der Waals surface area contributed by atoms with Crippen LogP contribution in [0.5, 0.6) is 0 Å². The van der Waals surface area contributed by atoms with Gasteiger partial charge in [-0.1, -0.05) is 27.3 Å². The van der Waals surface area contributed by atoms with Crippen LogP contribution in [-0.4, -0.2) is 17.9 Å². The standard InChI is InChI=1S/C13H15BrN4OS/c1-6-4-8(5-7(2)9(6)14)17-12(19)10-11(15)18-13(16-3)20-10/h4-5H,15H2,1-3H3,(H,16,18)(H,17,19). The molecule has 0 aliphatic heterocycles. The fourth-order valence-corrected chi connectivity index (χ4v) is 2.77. The number of nitrogen functional groups attached to an aromatic ring is 1. The van der Waals surface area contributed by atoms with E-state index in [0.717, 1.165) is 21.3 Å². The molecule has 1 aromatic carbocycles. The topological polar surface area (TPSA) is 80.0 Å². The van der Waals surface area contributed by atoms with E-state index in [-0.39, 0.29) is 11.7 Å². The van der Waals surface area contributed by atoms with Gasteiger partial charge in [0.1, 0.15) is 10.7 Å². The van der Waals surface area contributed by atoms with Crippen LogP contribution in [0.1, 0.15) is 20.8 Å². The third-order valence-electron chi connectivity index (χ3n) is 2.77. The Hall–Kier alpha value is -1.60. The van der Waals surface area contributed by atoms with Gasteiger partial charge in [0, 0.05) is 17.2 Å². The molecule has 0 spiro atoms. The highest BCUT2D eigenvalue weighted by molar-refractivity contribution is 9.10. The number of hydrogen-bond acceptors (Lipinski definition) is 5. The lowest BCUT2D eigenvalue weighted by Gasteiger charge is -2.09. The first-order valence-electron chi connectivity index (χ1n) is 5.94. The molecule has 2 aromatic rings. The highest BCUT2D eigenvalue weighted by atomic mass is 79.9. The molecule has 0 unspecified atom stereocenters. The van der Waals surface area contributed by atoms with E-state index in [1.807, 2.05) is 26.0 Å². The number of amides is 1. The van der Waals surface area contributed by atoms with Gasteiger partial charge in [0.25, 0.3) is 5.91 Å². The third kappa shape index (κ3) is 2.94. The summed E-state index contributed by atoms with van der Waals surface area (Å²) in [6.07, 6.45) is 0. The molecule has 0 saturated heterocycles. The van der Waals surface area contributed by atoms with Gasteiger partial charge >= 0.3 is 0 Å². The molecule has 20 heavy (non-hydrogen) atoms. The molecular formula is C13H15BrN4OS. The van der Waals surface area contributed by atoms with Gasteiger partial charge in [-0.25, -0.2) is 4.98 Å². The van der Waals surface area contributed by atoms with Crippen molar-refractivity contribution in [1.29, 1.82) is 0 Å². The third-order valence-corrected chi connectivity index (χ3v) is 5.11. The molecule has 0 atom stereocenters. The van der Waals surface area contributed by atoms with Crippen molar-refractivity contribution in [3.63, 3.8) is 0 Å². The van der Waals surface area contributed by atoms with Crippen molar-refractivity contribution in [1.82, 2.24) is 4.98 Å². The molecule has 1 heterocycles. The Labute approximate surface area is 129 Å². The number of carbonyl (C=O) groups excluding carboxylic acids is 1. The smallest absolute Gasteiger partial charge is 0.269 e.